The highest BCUT2D eigenvalue weighted by atomic mass is 19.4. The lowest BCUT2D eigenvalue weighted by Gasteiger charge is -2.13. The molecule has 4 rings (SSSR count). The predicted molar refractivity (Wildman–Crippen MR) is 144 cm³/mol. The first-order chi connectivity index (χ1) is 18.6. The molecule has 0 bridgehead atoms. The van der Waals surface area contributed by atoms with Crippen molar-refractivity contribution in [1.29, 1.82) is 0 Å². The first-order valence-corrected chi connectivity index (χ1v) is 12.6. The number of anilines is 1. The minimum atomic E-state index is -4.42. The van der Waals surface area contributed by atoms with Crippen molar-refractivity contribution in [1.82, 2.24) is 9.88 Å². The van der Waals surface area contributed by atoms with E-state index in [1.54, 1.807) is 28.8 Å². The van der Waals surface area contributed by atoms with E-state index in [1.807, 2.05) is 44.2 Å². The van der Waals surface area contributed by atoms with Gasteiger partial charge in [-0.2, -0.15) is 13.2 Å². The van der Waals surface area contributed by atoms with Crippen LogP contribution in [0.25, 0.3) is 10.9 Å². The maximum absolute atomic E-state index is 13.0. The highest BCUT2D eigenvalue weighted by molar-refractivity contribution is 6.00. The Hall–Kier alpha value is -4.11. The summed E-state index contributed by atoms with van der Waals surface area (Å²) in [5.41, 5.74) is 2.47. The molecule has 0 saturated carbocycles. The Morgan fingerprint density at radius 2 is 1.64 bits per heavy atom. The largest absolute Gasteiger partial charge is 0.416 e. The molecule has 9 heteroatoms. The summed E-state index contributed by atoms with van der Waals surface area (Å²) in [5.74, 6) is -0.358. The molecule has 0 radical (unpaired) electrons. The third-order valence-corrected chi connectivity index (χ3v) is 6.06. The van der Waals surface area contributed by atoms with Crippen LogP contribution in [0.2, 0.25) is 0 Å². The van der Waals surface area contributed by atoms with Crippen LogP contribution in [0.3, 0.4) is 0 Å². The molecule has 2 amide bonds. The maximum Gasteiger partial charge on any atom is 0.416 e. The van der Waals surface area contributed by atoms with Gasteiger partial charge in [-0.25, -0.2) is 0 Å². The zero-order valence-corrected chi connectivity index (χ0v) is 21.7. The summed E-state index contributed by atoms with van der Waals surface area (Å²) in [6, 6.07) is 21.4. The average molecular weight is 538 g/mol. The SMILES string of the molecule is CC(C)CNC(=O)c1cc2cc(NC(=O)COCc3ccccc3)ccc2n1Cc1ccc(C(F)(F)F)cc1. The number of nitrogens with zero attached hydrogens (tertiary/aromatic N) is 1. The second kappa shape index (κ2) is 12.2. The number of fused-ring (bicyclic) bond motifs is 1. The van der Waals surface area contributed by atoms with Gasteiger partial charge >= 0.3 is 6.18 Å². The number of halogens is 3. The van der Waals surface area contributed by atoms with E-state index in [0.29, 0.717) is 41.0 Å². The summed E-state index contributed by atoms with van der Waals surface area (Å²) in [6.45, 7) is 4.84. The van der Waals surface area contributed by atoms with Crippen LogP contribution in [0.4, 0.5) is 18.9 Å². The molecule has 39 heavy (non-hydrogen) atoms. The van der Waals surface area contributed by atoms with Gasteiger partial charge in [-0.1, -0.05) is 56.3 Å². The van der Waals surface area contributed by atoms with Gasteiger partial charge in [0.2, 0.25) is 5.91 Å². The Kier molecular flexibility index (Phi) is 8.71. The van der Waals surface area contributed by atoms with Gasteiger partial charge in [0.15, 0.2) is 0 Å². The van der Waals surface area contributed by atoms with Crippen molar-refractivity contribution in [3.8, 4) is 0 Å². The molecule has 204 valence electrons. The number of carbonyl (C=O) groups is 2. The summed E-state index contributed by atoms with van der Waals surface area (Å²) in [4.78, 5) is 25.5. The summed E-state index contributed by atoms with van der Waals surface area (Å²) >= 11 is 0. The van der Waals surface area contributed by atoms with E-state index in [0.717, 1.165) is 17.7 Å². The van der Waals surface area contributed by atoms with Gasteiger partial charge in [0.05, 0.1) is 12.2 Å². The highest BCUT2D eigenvalue weighted by Gasteiger charge is 2.30. The molecule has 0 unspecified atom stereocenters. The molecule has 1 aromatic heterocycles. The Morgan fingerprint density at radius 1 is 0.923 bits per heavy atom. The lowest BCUT2D eigenvalue weighted by atomic mass is 10.1. The van der Waals surface area contributed by atoms with Gasteiger partial charge < -0.3 is 19.9 Å². The van der Waals surface area contributed by atoms with Gasteiger partial charge in [0.25, 0.3) is 5.91 Å². The minimum absolute atomic E-state index is 0.120. The first-order valence-electron chi connectivity index (χ1n) is 12.6. The molecule has 0 fully saturated rings. The molecule has 0 atom stereocenters. The maximum atomic E-state index is 13.0. The van der Waals surface area contributed by atoms with E-state index in [-0.39, 0.29) is 30.9 Å². The molecule has 4 aromatic rings. The summed E-state index contributed by atoms with van der Waals surface area (Å²) < 4.78 is 46.3. The number of hydrogen-bond acceptors (Lipinski definition) is 3. The van der Waals surface area contributed by atoms with Crippen LogP contribution in [-0.2, 0) is 28.9 Å². The molecule has 0 aliphatic carbocycles. The van der Waals surface area contributed by atoms with Crippen molar-refractivity contribution >= 4 is 28.4 Å². The van der Waals surface area contributed by atoms with Crippen molar-refractivity contribution in [2.24, 2.45) is 5.92 Å². The number of hydrogen-bond donors (Lipinski definition) is 2. The molecule has 0 aliphatic heterocycles. The topological polar surface area (TPSA) is 72.4 Å². The number of ether oxygens (including phenoxy) is 1. The van der Waals surface area contributed by atoms with Crippen molar-refractivity contribution in [3.05, 3.63) is 101 Å². The predicted octanol–water partition coefficient (Wildman–Crippen LogP) is 6.25. The van der Waals surface area contributed by atoms with Crippen molar-refractivity contribution in [2.75, 3.05) is 18.5 Å². The number of aromatic nitrogens is 1. The van der Waals surface area contributed by atoms with Gasteiger partial charge in [0, 0.05) is 29.7 Å². The standard InChI is InChI=1S/C30H30F3N3O3/c1-20(2)16-34-29(38)27-15-23-14-25(35-28(37)19-39-18-22-6-4-3-5-7-22)12-13-26(23)36(27)17-21-8-10-24(11-9-21)30(31,32)33/h3-15,20H,16-19H2,1-2H3,(H,34,38)(H,35,37). The summed E-state index contributed by atoms with van der Waals surface area (Å²) in [6.07, 6.45) is -4.42. The average Bonchev–Trinajstić information content (AvgIpc) is 3.25. The van der Waals surface area contributed by atoms with Gasteiger partial charge in [-0.05, 0) is 53.4 Å². The number of amides is 2. The molecular formula is C30H30F3N3O3. The minimum Gasteiger partial charge on any atom is -0.367 e. The normalized spacial score (nSPS) is 11.6. The monoisotopic (exact) mass is 537 g/mol. The molecule has 2 N–H and O–H groups in total. The third kappa shape index (κ3) is 7.48. The molecule has 0 saturated heterocycles. The molecule has 0 aliphatic rings. The fraction of sp³-hybridized carbons (Fsp3) is 0.267. The number of nitrogens with one attached hydrogen (secondary N) is 2. The number of benzene rings is 3. The number of rotatable bonds is 10. The lowest BCUT2D eigenvalue weighted by Crippen LogP contribution is -2.29. The zero-order chi connectivity index (χ0) is 28.0. The fourth-order valence-electron chi connectivity index (χ4n) is 4.11. The highest BCUT2D eigenvalue weighted by Crippen LogP contribution is 2.30. The zero-order valence-electron chi connectivity index (χ0n) is 21.7. The van der Waals surface area contributed by atoms with Crippen molar-refractivity contribution < 1.29 is 27.5 Å². The fourth-order valence-corrected chi connectivity index (χ4v) is 4.11. The first kappa shape index (κ1) is 27.9. The van der Waals surface area contributed by atoms with Gasteiger partial charge in [0.1, 0.15) is 12.3 Å². The third-order valence-electron chi connectivity index (χ3n) is 6.06. The van der Waals surface area contributed by atoms with Crippen molar-refractivity contribution in [2.45, 2.75) is 33.2 Å². The van der Waals surface area contributed by atoms with Crippen LogP contribution in [0.1, 0.15) is 41.0 Å². The number of carbonyl (C=O) groups excluding carboxylic acids is 2. The summed E-state index contributed by atoms with van der Waals surface area (Å²) in [7, 11) is 0. The van der Waals surface area contributed by atoms with Crippen LogP contribution in [0.5, 0.6) is 0 Å². The van der Waals surface area contributed by atoms with E-state index < -0.39 is 11.7 Å². The van der Waals surface area contributed by atoms with Crippen molar-refractivity contribution in [3.63, 3.8) is 0 Å². The Morgan fingerprint density at radius 3 is 2.31 bits per heavy atom. The van der Waals surface area contributed by atoms with Gasteiger partial charge in [-0.15, -0.1) is 0 Å². The Bertz CT molecular complexity index is 1430. The lowest BCUT2D eigenvalue weighted by molar-refractivity contribution is -0.137. The van der Waals surface area contributed by atoms with Crippen LogP contribution in [0.15, 0.2) is 78.9 Å². The number of alkyl halides is 3. The van der Waals surface area contributed by atoms with E-state index in [2.05, 4.69) is 10.6 Å². The van der Waals surface area contributed by atoms with E-state index in [9.17, 15) is 22.8 Å². The van der Waals surface area contributed by atoms with E-state index >= 15 is 0 Å². The molecule has 1 heterocycles. The Labute approximate surface area is 224 Å². The van der Waals surface area contributed by atoms with E-state index in [1.165, 1.54) is 12.1 Å². The summed E-state index contributed by atoms with van der Waals surface area (Å²) in [5, 5.41) is 6.42. The smallest absolute Gasteiger partial charge is 0.367 e. The van der Waals surface area contributed by atoms with Gasteiger partial charge in [-0.3, -0.25) is 9.59 Å². The van der Waals surface area contributed by atoms with Crippen LogP contribution in [-0.4, -0.2) is 29.5 Å². The van der Waals surface area contributed by atoms with Crippen LogP contribution in [0, 0.1) is 5.92 Å². The Balaban J connectivity index is 1.53. The second-order valence-corrected chi connectivity index (χ2v) is 9.71. The molecule has 0 spiro atoms. The second-order valence-electron chi connectivity index (χ2n) is 9.71. The molecular weight excluding hydrogens is 507 g/mol. The van der Waals surface area contributed by atoms with Crippen LogP contribution < -0.4 is 10.6 Å². The molecule has 3 aromatic carbocycles. The van der Waals surface area contributed by atoms with E-state index in [4.69, 9.17) is 4.74 Å². The molecule has 6 nitrogen and oxygen atoms in total. The van der Waals surface area contributed by atoms with Crippen LogP contribution >= 0.6 is 0 Å². The quantitative estimate of drug-likeness (QED) is 0.251.